The lowest BCUT2D eigenvalue weighted by Gasteiger charge is -2.54. The molecule has 0 unspecified atom stereocenters. The second-order valence-electron chi connectivity index (χ2n) is 7.37. The first kappa shape index (κ1) is 16.5. The molecule has 0 radical (unpaired) electrons. The van der Waals surface area contributed by atoms with E-state index in [1.54, 1.807) is 0 Å². The summed E-state index contributed by atoms with van der Waals surface area (Å²) in [5, 5.41) is 13.6. The molecule has 4 fully saturated rings. The molecule has 130 valence electrons. The number of fused-ring (bicyclic) bond motifs is 3. The van der Waals surface area contributed by atoms with Crippen molar-refractivity contribution in [2.75, 3.05) is 6.54 Å². The largest absolute Gasteiger partial charge is 0.506 e. The third-order valence-corrected chi connectivity index (χ3v) is 6.52. The minimum atomic E-state index is -0.287. The summed E-state index contributed by atoms with van der Waals surface area (Å²) in [4.78, 5) is 15.3. The third-order valence-electron chi connectivity index (χ3n) is 6.01. The molecule has 1 aromatic carbocycles. The van der Waals surface area contributed by atoms with E-state index in [1.165, 1.54) is 44.2 Å². The quantitative estimate of drug-likeness (QED) is 0.851. The highest BCUT2D eigenvalue weighted by molar-refractivity contribution is 6.36. The number of hydrogen-bond donors (Lipinski definition) is 2. The molecule has 2 saturated heterocycles. The minimum Gasteiger partial charge on any atom is -0.506 e. The summed E-state index contributed by atoms with van der Waals surface area (Å²) in [6, 6.07) is 4.44. The van der Waals surface area contributed by atoms with Gasteiger partial charge in [0.1, 0.15) is 5.75 Å². The topological polar surface area (TPSA) is 52.6 Å². The highest BCUT2D eigenvalue weighted by Crippen LogP contribution is 2.40. The van der Waals surface area contributed by atoms with Gasteiger partial charge in [0, 0.05) is 29.7 Å². The number of phenols is 1. The van der Waals surface area contributed by atoms with Crippen molar-refractivity contribution >= 4 is 29.1 Å². The van der Waals surface area contributed by atoms with Crippen LogP contribution in [0.1, 0.15) is 48.9 Å². The van der Waals surface area contributed by atoms with Gasteiger partial charge in [0.25, 0.3) is 5.91 Å². The molecule has 2 saturated carbocycles. The van der Waals surface area contributed by atoms with Crippen molar-refractivity contribution in [3.63, 3.8) is 0 Å². The molecule has 24 heavy (non-hydrogen) atoms. The maximum Gasteiger partial charge on any atom is 0.255 e. The Balaban J connectivity index is 1.46. The summed E-state index contributed by atoms with van der Waals surface area (Å²) in [7, 11) is 0. The van der Waals surface area contributed by atoms with Crippen molar-refractivity contribution in [2.45, 2.75) is 56.7 Å². The maximum absolute atomic E-state index is 12.6. The van der Waals surface area contributed by atoms with Crippen LogP contribution in [-0.4, -0.2) is 40.6 Å². The van der Waals surface area contributed by atoms with Gasteiger partial charge in [-0.2, -0.15) is 0 Å². The molecule has 2 aliphatic heterocycles. The standard InChI is InChI=1S/C18H22Cl2N2O2/c19-11-6-14(17(23)15(20)7-11)18(24)21-16-8-13-5-4-10(16)9-22(13)12-2-1-3-12/h6-7,10,12-13,16,23H,1-5,8-9H2,(H,21,24)/t10-,13+,16-/m1/s1. The van der Waals surface area contributed by atoms with E-state index in [4.69, 9.17) is 23.2 Å². The van der Waals surface area contributed by atoms with Crippen LogP contribution in [0.15, 0.2) is 12.1 Å². The van der Waals surface area contributed by atoms with Gasteiger partial charge < -0.3 is 10.4 Å². The Kier molecular flexibility index (Phi) is 4.40. The molecule has 4 aliphatic rings. The van der Waals surface area contributed by atoms with E-state index in [9.17, 15) is 9.90 Å². The van der Waals surface area contributed by atoms with E-state index in [0.717, 1.165) is 19.0 Å². The molecular formula is C18H22Cl2N2O2. The van der Waals surface area contributed by atoms with Gasteiger partial charge in [-0.1, -0.05) is 29.6 Å². The van der Waals surface area contributed by atoms with Gasteiger partial charge in [0.05, 0.1) is 10.6 Å². The van der Waals surface area contributed by atoms with Crippen LogP contribution < -0.4 is 5.32 Å². The molecule has 2 heterocycles. The number of halogens is 2. The van der Waals surface area contributed by atoms with Gasteiger partial charge >= 0.3 is 0 Å². The molecule has 2 aliphatic carbocycles. The molecular weight excluding hydrogens is 347 g/mol. The van der Waals surface area contributed by atoms with Gasteiger partial charge in [-0.15, -0.1) is 0 Å². The van der Waals surface area contributed by atoms with Crippen LogP contribution in [0, 0.1) is 5.92 Å². The smallest absolute Gasteiger partial charge is 0.255 e. The molecule has 4 nitrogen and oxygen atoms in total. The van der Waals surface area contributed by atoms with Crippen LogP contribution in [-0.2, 0) is 0 Å². The number of hydrogen-bond acceptors (Lipinski definition) is 3. The van der Waals surface area contributed by atoms with E-state index in [0.29, 0.717) is 17.0 Å². The molecule has 0 spiro atoms. The number of nitrogens with zero attached hydrogens (tertiary/aromatic N) is 1. The Hall–Kier alpha value is -0.970. The Morgan fingerprint density at radius 1 is 1.17 bits per heavy atom. The zero-order valence-electron chi connectivity index (χ0n) is 13.5. The lowest BCUT2D eigenvalue weighted by molar-refractivity contribution is -0.0283. The minimum absolute atomic E-state index is 0.106. The summed E-state index contributed by atoms with van der Waals surface area (Å²) in [6.07, 6.45) is 7.42. The Morgan fingerprint density at radius 2 is 1.96 bits per heavy atom. The predicted molar refractivity (Wildman–Crippen MR) is 94.9 cm³/mol. The number of piperidine rings is 2. The number of amides is 1. The zero-order valence-corrected chi connectivity index (χ0v) is 15.0. The van der Waals surface area contributed by atoms with Crippen molar-refractivity contribution < 1.29 is 9.90 Å². The van der Waals surface area contributed by atoms with E-state index in [-0.39, 0.29) is 28.3 Å². The van der Waals surface area contributed by atoms with Crippen LogP contribution >= 0.6 is 23.2 Å². The van der Waals surface area contributed by atoms with Crippen molar-refractivity contribution in [2.24, 2.45) is 5.92 Å². The SMILES string of the molecule is O=C(N[C@@H]1C[C@@H]2CC[C@@H]1CN2C1CCC1)c1cc(Cl)cc(Cl)c1O. The van der Waals surface area contributed by atoms with Crippen molar-refractivity contribution in [1.82, 2.24) is 10.2 Å². The molecule has 6 heteroatoms. The fourth-order valence-electron chi connectivity index (χ4n) is 4.48. The predicted octanol–water partition coefficient (Wildman–Crippen LogP) is 3.83. The van der Waals surface area contributed by atoms with Crippen molar-refractivity contribution in [1.29, 1.82) is 0 Å². The second-order valence-corrected chi connectivity index (χ2v) is 8.22. The molecule has 0 aromatic heterocycles. The third kappa shape index (κ3) is 2.89. The van der Waals surface area contributed by atoms with Gasteiger partial charge in [-0.05, 0) is 50.2 Å². The highest BCUT2D eigenvalue weighted by atomic mass is 35.5. The number of benzene rings is 1. The molecule has 1 amide bonds. The van der Waals surface area contributed by atoms with Crippen LogP contribution in [0.4, 0.5) is 0 Å². The van der Waals surface area contributed by atoms with Crippen LogP contribution in [0.3, 0.4) is 0 Å². The van der Waals surface area contributed by atoms with E-state index in [2.05, 4.69) is 10.2 Å². The number of carbonyl (C=O) groups is 1. The fraction of sp³-hybridized carbons (Fsp3) is 0.611. The number of carbonyl (C=O) groups excluding carboxylic acids is 1. The molecule has 2 N–H and O–H groups in total. The van der Waals surface area contributed by atoms with Crippen LogP contribution in [0.2, 0.25) is 10.0 Å². The number of aromatic hydroxyl groups is 1. The molecule has 1 aromatic rings. The average Bonchev–Trinajstić information content (AvgIpc) is 2.50. The molecule has 3 atom stereocenters. The van der Waals surface area contributed by atoms with Crippen LogP contribution in [0.5, 0.6) is 5.75 Å². The van der Waals surface area contributed by atoms with E-state index >= 15 is 0 Å². The maximum atomic E-state index is 12.6. The summed E-state index contributed by atoms with van der Waals surface area (Å²) in [5.74, 6) is 0.0108. The number of rotatable bonds is 3. The number of nitrogens with one attached hydrogen (secondary N) is 1. The van der Waals surface area contributed by atoms with Crippen molar-refractivity contribution in [3.05, 3.63) is 27.7 Å². The summed E-state index contributed by atoms with van der Waals surface area (Å²) in [6.45, 7) is 1.09. The summed E-state index contributed by atoms with van der Waals surface area (Å²) in [5.41, 5.74) is 0.157. The van der Waals surface area contributed by atoms with E-state index < -0.39 is 0 Å². The lowest BCUT2D eigenvalue weighted by atomic mass is 9.73. The lowest BCUT2D eigenvalue weighted by Crippen LogP contribution is -2.62. The normalized spacial score (nSPS) is 30.2. The Morgan fingerprint density at radius 3 is 2.58 bits per heavy atom. The molecule has 2 bridgehead atoms. The first-order chi connectivity index (χ1) is 11.5. The van der Waals surface area contributed by atoms with Crippen LogP contribution in [0.25, 0.3) is 0 Å². The number of phenolic OH excluding ortho intramolecular Hbond substituents is 1. The van der Waals surface area contributed by atoms with Gasteiger partial charge in [0.2, 0.25) is 0 Å². The Bertz CT molecular complexity index is 663. The van der Waals surface area contributed by atoms with Gasteiger partial charge in [-0.3, -0.25) is 9.69 Å². The molecule has 5 rings (SSSR count). The average molecular weight is 369 g/mol. The first-order valence-corrected chi connectivity index (χ1v) is 9.53. The van der Waals surface area contributed by atoms with E-state index in [1.807, 2.05) is 0 Å². The summed E-state index contributed by atoms with van der Waals surface area (Å²) < 4.78 is 0. The van der Waals surface area contributed by atoms with Crippen molar-refractivity contribution in [3.8, 4) is 5.75 Å². The second kappa shape index (κ2) is 6.40. The fourth-order valence-corrected chi connectivity index (χ4v) is 4.97. The zero-order chi connectivity index (χ0) is 16.8. The monoisotopic (exact) mass is 368 g/mol. The van der Waals surface area contributed by atoms with Gasteiger partial charge in [0.15, 0.2) is 0 Å². The first-order valence-electron chi connectivity index (χ1n) is 8.77. The van der Waals surface area contributed by atoms with Gasteiger partial charge in [-0.25, -0.2) is 0 Å². The highest BCUT2D eigenvalue weighted by Gasteiger charge is 2.44. The Labute approximate surface area is 152 Å². The summed E-state index contributed by atoms with van der Waals surface area (Å²) >= 11 is 11.9.